The third kappa shape index (κ3) is 1.90. The lowest BCUT2D eigenvalue weighted by Gasteiger charge is -1.99. The minimum Gasteiger partial charge on any atom is -0.0905 e. The molecule has 1 aromatic rings. The Kier molecular flexibility index (Phi) is 2.83. The van der Waals surface area contributed by atoms with Gasteiger partial charge in [0.1, 0.15) is 0 Å². The van der Waals surface area contributed by atoms with Gasteiger partial charge in [-0.2, -0.15) is 0 Å². The Bertz CT molecular complexity index is 292. The van der Waals surface area contributed by atoms with Crippen LogP contribution in [0.15, 0.2) is 18.7 Å². The van der Waals surface area contributed by atoms with Crippen LogP contribution in [0.25, 0.3) is 0 Å². The molecule has 1 radical (unpaired) electrons. The van der Waals surface area contributed by atoms with Crippen molar-refractivity contribution in [1.82, 2.24) is 0 Å². The summed E-state index contributed by atoms with van der Waals surface area (Å²) in [6, 6.07) is 3.19. The van der Waals surface area contributed by atoms with Crippen LogP contribution in [0.2, 0.25) is 15.1 Å². The van der Waals surface area contributed by atoms with Crippen LogP contribution in [0, 0.1) is 6.08 Å². The van der Waals surface area contributed by atoms with Crippen molar-refractivity contribution in [1.29, 1.82) is 0 Å². The number of benzene rings is 1. The van der Waals surface area contributed by atoms with Crippen LogP contribution in [-0.2, 0) is 0 Å². The molecule has 0 amide bonds. The first-order chi connectivity index (χ1) is 5.15. The normalized spacial score (nSPS) is 9.73. The molecule has 57 valence electrons. The predicted molar refractivity (Wildman–Crippen MR) is 49.4 cm³/mol. The Labute approximate surface area is 80.4 Å². The van der Waals surface area contributed by atoms with Crippen molar-refractivity contribution in [2.75, 3.05) is 0 Å². The van der Waals surface area contributed by atoms with Crippen molar-refractivity contribution in [3.8, 4) is 0 Å². The molecule has 0 aliphatic carbocycles. The SMILES string of the molecule is C=[C]c1cc(Cl)c(Cl)cc1Cl. The van der Waals surface area contributed by atoms with E-state index in [9.17, 15) is 0 Å². The molecule has 0 nitrogen and oxygen atoms in total. The van der Waals surface area contributed by atoms with Crippen LogP contribution in [0.5, 0.6) is 0 Å². The van der Waals surface area contributed by atoms with Gasteiger partial charge in [-0.25, -0.2) is 0 Å². The third-order valence-corrected chi connectivity index (χ3v) is 2.24. The number of rotatable bonds is 1. The highest BCUT2D eigenvalue weighted by atomic mass is 35.5. The summed E-state index contributed by atoms with van der Waals surface area (Å²) in [7, 11) is 0. The van der Waals surface area contributed by atoms with Crippen LogP contribution < -0.4 is 0 Å². The van der Waals surface area contributed by atoms with E-state index in [1.807, 2.05) is 0 Å². The van der Waals surface area contributed by atoms with E-state index in [1.165, 1.54) is 0 Å². The van der Waals surface area contributed by atoms with Crippen LogP contribution >= 0.6 is 34.8 Å². The maximum atomic E-state index is 5.76. The Morgan fingerprint density at radius 2 is 1.55 bits per heavy atom. The van der Waals surface area contributed by atoms with E-state index in [0.717, 1.165) is 0 Å². The molecular weight excluding hydrogens is 202 g/mol. The van der Waals surface area contributed by atoms with Crippen LogP contribution in [0.1, 0.15) is 5.56 Å². The van der Waals surface area contributed by atoms with Gasteiger partial charge >= 0.3 is 0 Å². The summed E-state index contributed by atoms with van der Waals surface area (Å²) in [6.07, 6.45) is 2.64. The molecule has 0 saturated carbocycles. The lowest BCUT2D eigenvalue weighted by molar-refractivity contribution is 1.58. The molecule has 0 aliphatic heterocycles. The second kappa shape index (κ2) is 3.48. The minimum absolute atomic E-state index is 0.440. The molecule has 0 fully saturated rings. The maximum absolute atomic E-state index is 5.76. The zero-order chi connectivity index (χ0) is 8.43. The van der Waals surface area contributed by atoms with Gasteiger partial charge in [-0.1, -0.05) is 41.4 Å². The zero-order valence-corrected chi connectivity index (χ0v) is 7.76. The summed E-state index contributed by atoms with van der Waals surface area (Å²) in [5.74, 6) is 0. The van der Waals surface area contributed by atoms with Gasteiger partial charge in [0, 0.05) is 10.6 Å². The molecule has 0 heterocycles. The molecule has 11 heavy (non-hydrogen) atoms. The van der Waals surface area contributed by atoms with E-state index in [4.69, 9.17) is 34.8 Å². The third-order valence-electron chi connectivity index (χ3n) is 1.20. The van der Waals surface area contributed by atoms with E-state index in [1.54, 1.807) is 12.1 Å². The molecule has 0 aliphatic rings. The highest BCUT2D eigenvalue weighted by Crippen LogP contribution is 2.28. The molecule has 0 saturated heterocycles. The Morgan fingerprint density at radius 3 is 2.09 bits per heavy atom. The monoisotopic (exact) mass is 205 g/mol. The highest BCUT2D eigenvalue weighted by Gasteiger charge is 2.02. The molecule has 0 unspecified atom stereocenters. The summed E-state index contributed by atoms with van der Waals surface area (Å²) >= 11 is 17.1. The molecule has 3 heteroatoms. The first kappa shape index (κ1) is 8.92. The fourth-order valence-corrected chi connectivity index (χ4v) is 1.27. The standard InChI is InChI=1S/C8H4Cl3/c1-2-5-3-7(10)8(11)4-6(5)9/h3-4H,1H2. The average Bonchev–Trinajstić information content (AvgIpc) is 1.97. The predicted octanol–water partition coefficient (Wildman–Crippen LogP) is 3.98. The molecule has 0 aromatic heterocycles. The van der Waals surface area contributed by atoms with E-state index >= 15 is 0 Å². The molecule has 1 aromatic carbocycles. The Balaban J connectivity index is 3.31. The van der Waals surface area contributed by atoms with Crippen molar-refractivity contribution >= 4 is 34.8 Å². The Morgan fingerprint density at radius 1 is 1.00 bits per heavy atom. The second-order valence-electron chi connectivity index (χ2n) is 1.92. The van der Waals surface area contributed by atoms with Crippen molar-refractivity contribution in [3.63, 3.8) is 0 Å². The van der Waals surface area contributed by atoms with Gasteiger partial charge in [0.15, 0.2) is 0 Å². The fourth-order valence-electron chi connectivity index (χ4n) is 0.658. The van der Waals surface area contributed by atoms with E-state index in [0.29, 0.717) is 20.6 Å². The van der Waals surface area contributed by atoms with Crippen molar-refractivity contribution < 1.29 is 0 Å². The minimum atomic E-state index is 0.440. The number of hydrogen-bond donors (Lipinski definition) is 0. The van der Waals surface area contributed by atoms with Crippen molar-refractivity contribution in [2.24, 2.45) is 0 Å². The summed E-state index contributed by atoms with van der Waals surface area (Å²) in [6.45, 7) is 3.45. The van der Waals surface area contributed by atoms with E-state index in [2.05, 4.69) is 12.7 Å². The van der Waals surface area contributed by atoms with Crippen molar-refractivity contribution in [2.45, 2.75) is 0 Å². The highest BCUT2D eigenvalue weighted by molar-refractivity contribution is 6.43. The van der Waals surface area contributed by atoms with Crippen molar-refractivity contribution in [3.05, 3.63) is 45.4 Å². The van der Waals surface area contributed by atoms with Gasteiger partial charge in [-0.05, 0) is 18.2 Å². The second-order valence-corrected chi connectivity index (χ2v) is 3.14. The fraction of sp³-hybridized carbons (Fsp3) is 0. The summed E-state index contributed by atoms with van der Waals surface area (Å²) in [5.41, 5.74) is 0.668. The summed E-state index contributed by atoms with van der Waals surface area (Å²) in [5, 5.41) is 1.41. The summed E-state index contributed by atoms with van der Waals surface area (Å²) < 4.78 is 0. The van der Waals surface area contributed by atoms with Crippen LogP contribution in [0.4, 0.5) is 0 Å². The van der Waals surface area contributed by atoms with Gasteiger partial charge in [-0.15, -0.1) is 0 Å². The van der Waals surface area contributed by atoms with E-state index < -0.39 is 0 Å². The molecule has 0 N–H and O–H groups in total. The van der Waals surface area contributed by atoms with Gasteiger partial charge in [-0.3, -0.25) is 0 Å². The first-order valence-electron chi connectivity index (χ1n) is 2.83. The average molecular weight is 206 g/mol. The Hall–Kier alpha value is -0.170. The smallest absolute Gasteiger partial charge is 0.0607 e. The molecule has 0 spiro atoms. The maximum Gasteiger partial charge on any atom is 0.0607 e. The lowest BCUT2D eigenvalue weighted by Crippen LogP contribution is -1.77. The quantitative estimate of drug-likeness (QED) is 0.610. The molecule has 0 atom stereocenters. The van der Waals surface area contributed by atoms with Gasteiger partial charge in [0.25, 0.3) is 0 Å². The van der Waals surface area contributed by atoms with E-state index in [-0.39, 0.29) is 0 Å². The summed E-state index contributed by atoms with van der Waals surface area (Å²) in [4.78, 5) is 0. The van der Waals surface area contributed by atoms with Gasteiger partial charge < -0.3 is 0 Å². The van der Waals surface area contributed by atoms with Gasteiger partial charge in [0.05, 0.1) is 10.0 Å². The van der Waals surface area contributed by atoms with Gasteiger partial charge in [0.2, 0.25) is 0 Å². The van der Waals surface area contributed by atoms with Crippen LogP contribution in [0.3, 0.4) is 0 Å². The molecular formula is C8H4Cl3. The number of halogens is 3. The first-order valence-corrected chi connectivity index (χ1v) is 3.96. The topological polar surface area (TPSA) is 0 Å². The molecule has 0 bridgehead atoms. The van der Waals surface area contributed by atoms with Crippen LogP contribution in [-0.4, -0.2) is 0 Å². The number of hydrogen-bond acceptors (Lipinski definition) is 0. The zero-order valence-electron chi connectivity index (χ0n) is 5.50. The molecule has 1 rings (SSSR count). The lowest BCUT2D eigenvalue weighted by atomic mass is 10.2. The largest absolute Gasteiger partial charge is 0.0905 e.